The SMILES string of the molecule is CCCCCCCCCCNCC(=O)OCC. The van der Waals surface area contributed by atoms with Crippen LogP contribution in [0, 0.1) is 0 Å². The van der Waals surface area contributed by atoms with Crippen LogP contribution in [0.1, 0.15) is 65.2 Å². The van der Waals surface area contributed by atoms with E-state index in [1.165, 1.54) is 44.9 Å². The molecule has 3 heteroatoms. The highest BCUT2D eigenvalue weighted by atomic mass is 16.5. The lowest BCUT2D eigenvalue weighted by Gasteiger charge is -2.04. The molecule has 0 radical (unpaired) electrons. The van der Waals surface area contributed by atoms with Crippen molar-refractivity contribution in [2.24, 2.45) is 0 Å². The Bertz CT molecular complexity index is 172. The van der Waals surface area contributed by atoms with Gasteiger partial charge < -0.3 is 10.1 Å². The van der Waals surface area contributed by atoms with Crippen LogP contribution in [0.4, 0.5) is 0 Å². The maximum atomic E-state index is 11.0. The average Bonchev–Trinajstić information content (AvgIpc) is 2.32. The Labute approximate surface area is 106 Å². The molecule has 0 spiro atoms. The van der Waals surface area contributed by atoms with Crippen LogP contribution in [0.25, 0.3) is 0 Å². The number of nitrogens with one attached hydrogen (secondary N) is 1. The van der Waals surface area contributed by atoms with E-state index >= 15 is 0 Å². The second-order valence-corrected chi connectivity index (χ2v) is 4.46. The predicted molar refractivity (Wildman–Crippen MR) is 72.1 cm³/mol. The van der Waals surface area contributed by atoms with Crippen LogP contribution in [0.5, 0.6) is 0 Å². The molecule has 0 atom stereocenters. The first-order valence-corrected chi connectivity index (χ1v) is 7.17. The molecule has 3 nitrogen and oxygen atoms in total. The summed E-state index contributed by atoms with van der Waals surface area (Å²) in [5.74, 6) is -0.146. The largest absolute Gasteiger partial charge is 0.465 e. The summed E-state index contributed by atoms with van der Waals surface area (Å²) in [5, 5.41) is 3.11. The molecule has 0 aromatic heterocycles. The van der Waals surface area contributed by atoms with Crippen molar-refractivity contribution < 1.29 is 9.53 Å². The molecule has 17 heavy (non-hydrogen) atoms. The Hall–Kier alpha value is -0.570. The molecular formula is C14H29NO2. The minimum atomic E-state index is -0.146. The highest BCUT2D eigenvalue weighted by Crippen LogP contribution is 2.07. The molecule has 0 bridgehead atoms. The Morgan fingerprint density at radius 1 is 0.941 bits per heavy atom. The Kier molecular flexibility index (Phi) is 13.0. The van der Waals surface area contributed by atoms with Crippen molar-refractivity contribution in [2.45, 2.75) is 65.2 Å². The molecule has 102 valence electrons. The molecule has 0 aliphatic carbocycles. The zero-order chi connectivity index (χ0) is 12.8. The Morgan fingerprint density at radius 3 is 2.12 bits per heavy atom. The van der Waals surface area contributed by atoms with E-state index in [9.17, 15) is 4.79 Å². The van der Waals surface area contributed by atoms with Crippen molar-refractivity contribution >= 4 is 5.97 Å². The van der Waals surface area contributed by atoms with Gasteiger partial charge in [-0.05, 0) is 19.9 Å². The lowest BCUT2D eigenvalue weighted by molar-refractivity contribution is -0.141. The number of ether oxygens (including phenoxy) is 1. The van der Waals surface area contributed by atoms with Crippen molar-refractivity contribution in [1.29, 1.82) is 0 Å². The molecule has 0 unspecified atom stereocenters. The van der Waals surface area contributed by atoms with Crippen molar-refractivity contribution in [2.75, 3.05) is 19.7 Å². The smallest absolute Gasteiger partial charge is 0.319 e. The van der Waals surface area contributed by atoms with Crippen LogP contribution in [0.3, 0.4) is 0 Å². The maximum Gasteiger partial charge on any atom is 0.319 e. The lowest BCUT2D eigenvalue weighted by atomic mass is 10.1. The lowest BCUT2D eigenvalue weighted by Crippen LogP contribution is -2.25. The van der Waals surface area contributed by atoms with Gasteiger partial charge in [0.25, 0.3) is 0 Å². The van der Waals surface area contributed by atoms with Gasteiger partial charge in [0, 0.05) is 0 Å². The molecule has 1 N–H and O–H groups in total. The molecule has 0 fully saturated rings. The number of hydrogen-bond acceptors (Lipinski definition) is 3. The van der Waals surface area contributed by atoms with Crippen molar-refractivity contribution in [1.82, 2.24) is 5.32 Å². The molecule has 0 amide bonds. The van der Waals surface area contributed by atoms with Gasteiger partial charge in [-0.2, -0.15) is 0 Å². The number of rotatable bonds is 12. The van der Waals surface area contributed by atoms with E-state index in [-0.39, 0.29) is 5.97 Å². The summed E-state index contributed by atoms with van der Waals surface area (Å²) in [5.41, 5.74) is 0. The van der Waals surface area contributed by atoms with Gasteiger partial charge in [-0.15, -0.1) is 0 Å². The number of hydrogen-bond donors (Lipinski definition) is 1. The third-order valence-electron chi connectivity index (χ3n) is 2.78. The van der Waals surface area contributed by atoms with Crippen LogP contribution in [0.15, 0.2) is 0 Å². The molecule has 0 aromatic carbocycles. The van der Waals surface area contributed by atoms with Crippen LogP contribution >= 0.6 is 0 Å². The normalized spacial score (nSPS) is 10.5. The van der Waals surface area contributed by atoms with E-state index in [1.807, 2.05) is 6.92 Å². The highest BCUT2D eigenvalue weighted by molar-refractivity contribution is 5.71. The van der Waals surface area contributed by atoms with Crippen molar-refractivity contribution in [3.05, 3.63) is 0 Å². The fraction of sp³-hybridized carbons (Fsp3) is 0.929. The van der Waals surface area contributed by atoms with Gasteiger partial charge in [-0.1, -0.05) is 51.9 Å². The minimum Gasteiger partial charge on any atom is -0.465 e. The summed E-state index contributed by atoms with van der Waals surface area (Å²) in [4.78, 5) is 11.0. The monoisotopic (exact) mass is 243 g/mol. The van der Waals surface area contributed by atoms with E-state index < -0.39 is 0 Å². The highest BCUT2D eigenvalue weighted by Gasteiger charge is 1.99. The first-order valence-electron chi connectivity index (χ1n) is 7.17. The molecule has 0 aliphatic rings. The van der Waals surface area contributed by atoms with Crippen LogP contribution in [-0.4, -0.2) is 25.7 Å². The summed E-state index contributed by atoms with van der Waals surface area (Å²) in [6, 6.07) is 0. The predicted octanol–water partition coefficient (Wildman–Crippen LogP) is 3.28. The fourth-order valence-corrected chi connectivity index (χ4v) is 1.79. The second kappa shape index (κ2) is 13.5. The van der Waals surface area contributed by atoms with Gasteiger partial charge in [-0.25, -0.2) is 0 Å². The van der Waals surface area contributed by atoms with E-state index in [2.05, 4.69) is 12.2 Å². The minimum absolute atomic E-state index is 0.146. The van der Waals surface area contributed by atoms with Gasteiger partial charge in [-0.3, -0.25) is 4.79 Å². The van der Waals surface area contributed by atoms with E-state index in [1.54, 1.807) is 0 Å². The van der Waals surface area contributed by atoms with Gasteiger partial charge in [0.2, 0.25) is 0 Å². The summed E-state index contributed by atoms with van der Waals surface area (Å²) in [7, 11) is 0. The van der Waals surface area contributed by atoms with Crippen LogP contribution < -0.4 is 5.32 Å². The number of unbranched alkanes of at least 4 members (excludes halogenated alkanes) is 7. The average molecular weight is 243 g/mol. The maximum absolute atomic E-state index is 11.0. The number of esters is 1. The third-order valence-corrected chi connectivity index (χ3v) is 2.78. The van der Waals surface area contributed by atoms with Crippen LogP contribution in [0.2, 0.25) is 0 Å². The van der Waals surface area contributed by atoms with Gasteiger partial charge >= 0.3 is 5.97 Å². The van der Waals surface area contributed by atoms with E-state index in [0.29, 0.717) is 13.2 Å². The molecule has 0 heterocycles. The number of carbonyl (C=O) groups excluding carboxylic acids is 1. The molecule has 0 aromatic rings. The summed E-state index contributed by atoms with van der Waals surface area (Å²) in [6.07, 6.45) is 10.6. The first kappa shape index (κ1) is 16.4. The summed E-state index contributed by atoms with van der Waals surface area (Å²) in [6.45, 7) is 5.82. The zero-order valence-corrected chi connectivity index (χ0v) is 11.6. The van der Waals surface area contributed by atoms with Crippen molar-refractivity contribution in [3.63, 3.8) is 0 Å². The third kappa shape index (κ3) is 13.4. The topological polar surface area (TPSA) is 38.3 Å². The Balaban J connectivity index is 3.01. The van der Waals surface area contributed by atoms with Crippen molar-refractivity contribution in [3.8, 4) is 0 Å². The van der Waals surface area contributed by atoms with Crippen LogP contribution in [-0.2, 0) is 9.53 Å². The van der Waals surface area contributed by atoms with E-state index in [0.717, 1.165) is 13.0 Å². The molecular weight excluding hydrogens is 214 g/mol. The zero-order valence-electron chi connectivity index (χ0n) is 11.6. The molecule has 0 rings (SSSR count). The Morgan fingerprint density at radius 2 is 1.53 bits per heavy atom. The quantitative estimate of drug-likeness (QED) is 0.422. The second-order valence-electron chi connectivity index (χ2n) is 4.46. The molecule has 0 aliphatic heterocycles. The standard InChI is InChI=1S/C14H29NO2/c1-3-5-6-7-8-9-10-11-12-15-13-14(16)17-4-2/h15H,3-13H2,1-2H3. The molecule has 0 saturated heterocycles. The number of carbonyl (C=O) groups is 1. The fourth-order valence-electron chi connectivity index (χ4n) is 1.79. The van der Waals surface area contributed by atoms with E-state index in [4.69, 9.17) is 4.74 Å². The van der Waals surface area contributed by atoms with Gasteiger partial charge in [0.15, 0.2) is 0 Å². The summed E-state index contributed by atoms with van der Waals surface area (Å²) < 4.78 is 4.82. The van der Waals surface area contributed by atoms with Gasteiger partial charge in [0.1, 0.15) is 0 Å². The van der Waals surface area contributed by atoms with Gasteiger partial charge in [0.05, 0.1) is 13.2 Å². The first-order chi connectivity index (χ1) is 8.31. The summed E-state index contributed by atoms with van der Waals surface area (Å²) >= 11 is 0. The molecule has 0 saturated carbocycles.